The highest BCUT2D eigenvalue weighted by Gasteiger charge is 2.31. The van der Waals surface area contributed by atoms with E-state index in [4.69, 9.17) is 10.5 Å². The third-order valence-electron chi connectivity index (χ3n) is 2.77. The summed E-state index contributed by atoms with van der Waals surface area (Å²) in [5.41, 5.74) is 5.51. The summed E-state index contributed by atoms with van der Waals surface area (Å²) >= 11 is 0. The van der Waals surface area contributed by atoms with Gasteiger partial charge in [0, 0.05) is 19.2 Å². The SMILES string of the molecule is CCC(CN)NC(=O)C1OCCC1C. The molecule has 0 aromatic carbocycles. The Hall–Kier alpha value is -0.610. The minimum atomic E-state index is -0.268. The van der Waals surface area contributed by atoms with E-state index in [0.717, 1.165) is 12.8 Å². The number of amides is 1. The van der Waals surface area contributed by atoms with Crippen LogP contribution in [-0.4, -0.2) is 31.2 Å². The normalized spacial score (nSPS) is 28.8. The first-order valence-electron chi connectivity index (χ1n) is 5.31. The first-order chi connectivity index (χ1) is 6.69. The lowest BCUT2D eigenvalue weighted by atomic mass is 10.0. The predicted molar refractivity (Wildman–Crippen MR) is 54.8 cm³/mol. The van der Waals surface area contributed by atoms with E-state index in [1.165, 1.54) is 0 Å². The molecule has 1 heterocycles. The second-order valence-electron chi connectivity index (χ2n) is 3.91. The van der Waals surface area contributed by atoms with Crippen LogP contribution in [0.25, 0.3) is 0 Å². The van der Waals surface area contributed by atoms with Gasteiger partial charge >= 0.3 is 0 Å². The Kier molecular flexibility index (Phi) is 4.35. The average molecular weight is 200 g/mol. The van der Waals surface area contributed by atoms with E-state index in [0.29, 0.717) is 19.1 Å². The molecule has 3 N–H and O–H groups in total. The molecular weight excluding hydrogens is 180 g/mol. The van der Waals surface area contributed by atoms with Crippen LogP contribution in [0.3, 0.4) is 0 Å². The largest absolute Gasteiger partial charge is 0.368 e. The molecule has 0 radical (unpaired) electrons. The summed E-state index contributed by atoms with van der Waals surface area (Å²) in [5, 5.41) is 2.90. The number of carbonyl (C=O) groups excluding carboxylic acids is 1. The maximum Gasteiger partial charge on any atom is 0.249 e. The predicted octanol–water partition coefficient (Wildman–Crippen LogP) is 0.265. The minimum absolute atomic E-state index is 0.00713. The highest BCUT2D eigenvalue weighted by molar-refractivity contribution is 5.81. The van der Waals surface area contributed by atoms with Gasteiger partial charge in [0.25, 0.3) is 0 Å². The van der Waals surface area contributed by atoms with E-state index in [-0.39, 0.29) is 18.1 Å². The van der Waals surface area contributed by atoms with Crippen molar-refractivity contribution in [2.75, 3.05) is 13.2 Å². The molecule has 4 heteroatoms. The summed E-state index contributed by atoms with van der Waals surface area (Å²) in [6, 6.07) is 0.0823. The lowest BCUT2D eigenvalue weighted by Crippen LogP contribution is -2.45. The van der Waals surface area contributed by atoms with Gasteiger partial charge in [0.05, 0.1) is 0 Å². The minimum Gasteiger partial charge on any atom is -0.368 e. The molecule has 0 saturated carbocycles. The molecule has 0 aromatic heterocycles. The van der Waals surface area contributed by atoms with Crippen LogP contribution < -0.4 is 11.1 Å². The van der Waals surface area contributed by atoms with Crippen LogP contribution in [0.15, 0.2) is 0 Å². The van der Waals surface area contributed by atoms with E-state index in [2.05, 4.69) is 5.32 Å². The highest BCUT2D eigenvalue weighted by Crippen LogP contribution is 2.20. The van der Waals surface area contributed by atoms with Crippen LogP contribution in [0.4, 0.5) is 0 Å². The van der Waals surface area contributed by atoms with E-state index in [9.17, 15) is 4.79 Å². The van der Waals surface area contributed by atoms with Gasteiger partial charge in [-0.15, -0.1) is 0 Å². The summed E-state index contributed by atoms with van der Waals surface area (Å²) in [6.07, 6.45) is 1.57. The zero-order valence-corrected chi connectivity index (χ0v) is 8.95. The van der Waals surface area contributed by atoms with Crippen LogP contribution >= 0.6 is 0 Å². The highest BCUT2D eigenvalue weighted by atomic mass is 16.5. The van der Waals surface area contributed by atoms with Crippen LogP contribution in [0.1, 0.15) is 26.7 Å². The van der Waals surface area contributed by atoms with E-state index in [1.807, 2.05) is 13.8 Å². The number of hydrogen-bond donors (Lipinski definition) is 2. The van der Waals surface area contributed by atoms with Crippen molar-refractivity contribution in [3.05, 3.63) is 0 Å². The van der Waals surface area contributed by atoms with Gasteiger partial charge in [0.1, 0.15) is 6.10 Å². The fourth-order valence-electron chi connectivity index (χ4n) is 1.64. The van der Waals surface area contributed by atoms with Crippen molar-refractivity contribution in [3.63, 3.8) is 0 Å². The molecule has 1 fully saturated rings. The maximum atomic E-state index is 11.7. The Balaban J connectivity index is 2.40. The summed E-state index contributed by atoms with van der Waals surface area (Å²) in [5.74, 6) is 0.317. The molecule has 1 aliphatic rings. The van der Waals surface area contributed by atoms with Crippen molar-refractivity contribution in [2.24, 2.45) is 11.7 Å². The van der Waals surface area contributed by atoms with Crippen LogP contribution in [0, 0.1) is 5.92 Å². The molecule has 3 atom stereocenters. The first-order valence-corrected chi connectivity index (χ1v) is 5.31. The lowest BCUT2D eigenvalue weighted by molar-refractivity contribution is -0.132. The van der Waals surface area contributed by atoms with Crippen molar-refractivity contribution >= 4 is 5.91 Å². The van der Waals surface area contributed by atoms with Gasteiger partial charge in [-0.3, -0.25) is 4.79 Å². The molecule has 82 valence electrons. The zero-order chi connectivity index (χ0) is 10.6. The quantitative estimate of drug-likeness (QED) is 0.684. The summed E-state index contributed by atoms with van der Waals surface area (Å²) < 4.78 is 5.36. The van der Waals surface area contributed by atoms with E-state index < -0.39 is 0 Å². The molecule has 3 unspecified atom stereocenters. The number of hydrogen-bond acceptors (Lipinski definition) is 3. The number of carbonyl (C=O) groups is 1. The van der Waals surface area contributed by atoms with Crippen molar-refractivity contribution < 1.29 is 9.53 Å². The van der Waals surface area contributed by atoms with Gasteiger partial charge in [-0.05, 0) is 18.8 Å². The number of nitrogens with two attached hydrogens (primary N) is 1. The molecule has 0 aliphatic carbocycles. The van der Waals surface area contributed by atoms with Crippen molar-refractivity contribution in [3.8, 4) is 0 Å². The molecule has 0 aromatic rings. The monoisotopic (exact) mass is 200 g/mol. The topological polar surface area (TPSA) is 64.3 Å². The Morgan fingerprint density at radius 2 is 2.43 bits per heavy atom. The van der Waals surface area contributed by atoms with Crippen LogP contribution in [-0.2, 0) is 9.53 Å². The first kappa shape index (κ1) is 11.5. The Morgan fingerprint density at radius 3 is 2.86 bits per heavy atom. The fraction of sp³-hybridized carbons (Fsp3) is 0.900. The molecule has 1 aliphatic heterocycles. The average Bonchev–Trinajstić information content (AvgIpc) is 2.60. The van der Waals surface area contributed by atoms with Gasteiger partial charge in [-0.1, -0.05) is 13.8 Å². The number of ether oxygens (including phenoxy) is 1. The maximum absolute atomic E-state index is 11.7. The zero-order valence-electron chi connectivity index (χ0n) is 8.95. The standard InChI is InChI=1S/C10H20N2O2/c1-3-8(6-11)12-10(13)9-7(2)4-5-14-9/h7-9H,3-6,11H2,1-2H3,(H,12,13). The van der Waals surface area contributed by atoms with Gasteiger partial charge in [0.2, 0.25) is 5.91 Å². The molecule has 14 heavy (non-hydrogen) atoms. The van der Waals surface area contributed by atoms with E-state index >= 15 is 0 Å². The second-order valence-corrected chi connectivity index (χ2v) is 3.91. The summed E-state index contributed by atoms with van der Waals surface area (Å²) in [6.45, 7) is 5.24. The molecule has 0 spiro atoms. The molecule has 1 rings (SSSR count). The lowest BCUT2D eigenvalue weighted by Gasteiger charge is -2.19. The Labute approximate surface area is 85.2 Å². The molecule has 1 saturated heterocycles. The molecular formula is C10H20N2O2. The summed E-state index contributed by atoms with van der Waals surface area (Å²) in [4.78, 5) is 11.7. The second kappa shape index (κ2) is 5.32. The van der Waals surface area contributed by atoms with Crippen molar-refractivity contribution in [2.45, 2.75) is 38.8 Å². The third-order valence-corrected chi connectivity index (χ3v) is 2.77. The van der Waals surface area contributed by atoms with Gasteiger partial charge < -0.3 is 15.8 Å². The summed E-state index contributed by atoms with van der Waals surface area (Å²) in [7, 11) is 0. The van der Waals surface area contributed by atoms with Crippen LogP contribution in [0.5, 0.6) is 0 Å². The van der Waals surface area contributed by atoms with Crippen molar-refractivity contribution in [1.29, 1.82) is 0 Å². The Bertz CT molecular complexity index is 193. The number of rotatable bonds is 4. The van der Waals surface area contributed by atoms with Crippen molar-refractivity contribution in [1.82, 2.24) is 5.32 Å². The van der Waals surface area contributed by atoms with Gasteiger partial charge in [-0.25, -0.2) is 0 Å². The van der Waals surface area contributed by atoms with Crippen LogP contribution in [0.2, 0.25) is 0 Å². The van der Waals surface area contributed by atoms with Gasteiger partial charge in [0.15, 0.2) is 0 Å². The van der Waals surface area contributed by atoms with E-state index in [1.54, 1.807) is 0 Å². The molecule has 1 amide bonds. The Morgan fingerprint density at radius 1 is 1.71 bits per heavy atom. The fourth-order valence-corrected chi connectivity index (χ4v) is 1.64. The smallest absolute Gasteiger partial charge is 0.249 e. The van der Waals surface area contributed by atoms with Gasteiger partial charge in [-0.2, -0.15) is 0 Å². The third kappa shape index (κ3) is 2.69. The number of nitrogens with one attached hydrogen (secondary N) is 1. The molecule has 0 bridgehead atoms. The molecule has 4 nitrogen and oxygen atoms in total.